The van der Waals surface area contributed by atoms with E-state index >= 15 is 0 Å². The van der Waals surface area contributed by atoms with Crippen LogP contribution >= 0.6 is 0 Å². The standard InChI is InChI=1S/C19H28N2O2/c1-4-7-15(2)19(22)20-17-10-12-21(13-11-17)14-16-8-5-6-9-18(16)23-3/h5-9,17H,4,10-14H2,1-3H3,(H,20,22). The van der Waals surface area contributed by atoms with Crippen molar-refractivity contribution in [3.05, 3.63) is 41.5 Å². The van der Waals surface area contributed by atoms with E-state index in [9.17, 15) is 4.79 Å². The largest absolute Gasteiger partial charge is 0.496 e. The molecule has 1 aliphatic heterocycles. The molecule has 0 unspecified atom stereocenters. The Hall–Kier alpha value is -1.81. The number of piperidine rings is 1. The van der Waals surface area contributed by atoms with E-state index in [1.165, 1.54) is 5.56 Å². The van der Waals surface area contributed by atoms with Gasteiger partial charge in [-0.25, -0.2) is 0 Å². The van der Waals surface area contributed by atoms with Crippen molar-refractivity contribution >= 4 is 5.91 Å². The molecule has 0 atom stereocenters. The van der Waals surface area contributed by atoms with Crippen LogP contribution in [0.2, 0.25) is 0 Å². The molecule has 0 aliphatic carbocycles. The van der Waals surface area contributed by atoms with Gasteiger partial charge >= 0.3 is 0 Å². The lowest BCUT2D eigenvalue weighted by Gasteiger charge is -2.32. The maximum atomic E-state index is 12.0. The molecule has 4 heteroatoms. The van der Waals surface area contributed by atoms with Crippen molar-refractivity contribution < 1.29 is 9.53 Å². The summed E-state index contributed by atoms with van der Waals surface area (Å²) in [7, 11) is 1.72. The Labute approximate surface area is 139 Å². The van der Waals surface area contributed by atoms with Crippen LogP contribution in [0.25, 0.3) is 0 Å². The summed E-state index contributed by atoms with van der Waals surface area (Å²) in [4.78, 5) is 14.5. The number of likely N-dealkylation sites (tertiary alicyclic amines) is 1. The second kappa shape index (κ2) is 8.73. The minimum atomic E-state index is 0.0787. The number of allylic oxidation sites excluding steroid dienone is 1. The molecule has 0 radical (unpaired) electrons. The van der Waals surface area contributed by atoms with Crippen molar-refractivity contribution in [1.29, 1.82) is 0 Å². The second-order valence-electron chi connectivity index (χ2n) is 6.13. The predicted octanol–water partition coefficient (Wildman–Crippen LogP) is 3.13. The van der Waals surface area contributed by atoms with E-state index in [-0.39, 0.29) is 11.9 Å². The van der Waals surface area contributed by atoms with Crippen molar-refractivity contribution in [1.82, 2.24) is 10.2 Å². The summed E-state index contributed by atoms with van der Waals surface area (Å²) in [5.74, 6) is 1.03. The lowest BCUT2D eigenvalue weighted by atomic mass is 10.0. The lowest BCUT2D eigenvalue weighted by molar-refractivity contribution is -0.118. The zero-order valence-electron chi connectivity index (χ0n) is 14.5. The van der Waals surface area contributed by atoms with Crippen LogP contribution < -0.4 is 10.1 Å². The topological polar surface area (TPSA) is 41.6 Å². The number of benzene rings is 1. The molecule has 0 bridgehead atoms. The fourth-order valence-electron chi connectivity index (χ4n) is 3.01. The molecule has 2 rings (SSSR count). The zero-order chi connectivity index (χ0) is 16.7. The van der Waals surface area contributed by atoms with Gasteiger partial charge in [0.2, 0.25) is 5.91 Å². The first-order chi connectivity index (χ1) is 11.1. The van der Waals surface area contributed by atoms with Gasteiger partial charge in [0.05, 0.1) is 7.11 Å². The number of hydrogen-bond acceptors (Lipinski definition) is 3. The molecule has 23 heavy (non-hydrogen) atoms. The molecule has 1 fully saturated rings. The molecule has 0 aromatic heterocycles. The molecule has 4 nitrogen and oxygen atoms in total. The van der Waals surface area contributed by atoms with Gasteiger partial charge in [-0.2, -0.15) is 0 Å². The molecule has 1 N–H and O–H groups in total. The SMILES string of the molecule is CCC=C(C)C(=O)NC1CCN(Cc2ccccc2OC)CC1. The van der Waals surface area contributed by atoms with Crippen molar-refractivity contribution in [3.8, 4) is 5.75 Å². The summed E-state index contributed by atoms with van der Waals surface area (Å²) >= 11 is 0. The van der Waals surface area contributed by atoms with Crippen LogP contribution in [0.1, 0.15) is 38.7 Å². The number of rotatable bonds is 6. The monoisotopic (exact) mass is 316 g/mol. The third kappa shape index (κ3) is 5.10. The maximum absolute atomic E-state index is 12.0. The highest BCUT2D eigenvalue weighted by Gasteiger charge is 2.21. The number of methoxy groups -OCH3 is 1. The van der Waals surface area contributed by atoms with Crippen LogP contribution in [0.4, 0.5) is 0 Å². The van der Waals surface area contributed by atoms with Crippen LogP contribution in [0.3, 0.4) is 0 Å². The molecule has 0 saturated carbocycles. The van der Waals surface area contributed by atoms with Gasteiger partial charge in [-0.15, -0.1) is 0 Å². The van der Waals surface area contributed by atoms with Gasteiger partial charge in [-0.05, 0) is 32.3 Å². The molecule has 1 aliphatic rings. The average Bonchev–Trinajstić information content (AvgIpc) is 2.57. The van der Waals surface area contributed by atoms with E-state index in [4.69, 9.17) is 4.74 Å². The summed E-state index contributed by atoms with van der Waals surface area (Å²) in [6.07, 6.45) is 4.88. The third-order valence-electron chi connectivity index (χ3n) is 4.38. The van der Waals surface area contributed by atoms with Crippen LogP contribution in [-0.2, 0) is 11.3 Å². The summed E-state index contributed by atoms with van der Waals surface area (Å²) in [6.45, 7) is 6.83. The number of carbonyl (C=O) groups excluding carboxylic acids is 1. The number of para-hydroxylation sites is 1. The Kier molecular flexibility index (Phi) is 6.66. The minimum Gasteiger partial charge on any atom is -0.496 e. The van der Waals surface area contributed by atoms with Gasteiger partial charge in [0, 0.05) is 36.8 Å². The van der Waals surface area contributed by atoms with Crippen molar-refractivity contribution in [2.75, 3.05) is 20.2 Å². The first-order valence-electron chi connectivity index (χ1n) is 8.46. The van der Waals surface area contributed by atoms with Crippen LogP contribution in [0.15, 0.2) is 35.9 Å². The summed E-state index contributed by atoms with van der Waals surface area (Å²) in [5.41, 5.74) is 2.04. The molecule has 1 heterocycles. The van der Waals surface area contributed by atoms with Gasteiger partial charge in [-0.3, -0.25) is 9.69 Å². The highest BCUT2D eigenvalue weighted by molar-refractivity contribution is 5.92. The number of carbonyl (C=O) groups is 1. The van der Waals surface area contributed by atoms with E-state index in [2.05, 4.69) is 16.3 Å². The summed E-state index contributed by atoms with van der Waals surface area (Å²) in [6, 6.07) is 8.46. The molecule has 1 amide bonds. The van der Waals surface area contributed by atoms with Crippen LogP contribution in [0, 0.1) is 0 Å². The smallest absolute Gasteiger partial charge is 0.246 e. The fourth-order valence-corrected chi connectivity index (χ4v) is 3.01. The van der Waals surface area contributed by atoms with Gasteiger partial charge < -0.3 is 10.1 Å². The molecular formula is C19H28N2O2. The molecule has 0 spiro atoms. The second-order valence-corrected chi connectivity index (χ2v) is 6.13. The third-order valence-corrected chi connectivity index (χ3v) is 4.38. The number of ether oxygens (including phenoxy) is 1. The Bertz CT molecular complexity index is 546. The number of nitrogens with one attached hydrogen (secondary N) is 1. The lowest BCUT2D eigenvalue weighted by Crippen LogP contribution is -2.44. The van der Waals surface area contributed by atoms with E-state index in [1.54, 1.807) is 7.11 Å². The maximum Gasteiger partial charge on any atom is 0.246 e. The van der Waals surface area contributed by atoms with Gasteiger partial charge in [-0.1, -0.05) is 31.2 Å². The first kappa shape index (κ1) is 17.5. The Morgan fingerprint density at radius 2 is 2.04 bits per heavy atom. The zero-order valence-corrected chi connectivity index (χ0v) is 14.5. The molecule has 126 valence electrons. The summed E-state index contributed by atoms with van der Waals surface area (Å²) in [5, 5.41) is 3.15. The van der Waals surface area contributed by atoms with Crippen LogP contribution in [0.5, 0.6) is 5.75 Å². The van der Waals surface area contributed by atoms with E-state index in [0.717, 1.165) is 50.2 Å². The van der Waals surface area contributed by atoms with E-state index < -0.39 is 0 Å². The number of amides is 1. The summed E-state index contributed by atoms with van der Waals surface area (Å²) < 4.78 is 5.42. The Balaban J connectivity index is 1.82. The van der Waals surface area contributed by atoms with Gasteiger partial charge in [0.25, 0.3) is 0 Å². The highest BCUT2D eigenvalue weighted by Crippen LogP contribution is 2.21. The Morgan fingerprint density at radius 1 is 1.35 bits per heavy atom. The predicted molar refractivity (Wildman–Crippen MR) is 93.5 cm³/mol. The number of hydrogen-bond donors (Lipinski definition) is 1. The van der Waals surface area contributed by atoms with Gasteiger partial charge in [0.1, 0.15) is 5.75 Å². The molecule has 1 saturated heterocycles. The molecule has 1 aromatic rings. The fraction of sp³-hybridized carbons (Fsp3) is 0.526. The average molecular weight is 316 g/mol. The van der Waals surface area contributed by atoms with Gasteiger partial charge in [0.15, 0.2) is 0 Å². The minimum absolute atomic E-state index is 0.0787. The van der Waals surface area contributed by atoms with Crippen molar-refractivity contribution in [3.63, 3.8) is 0 Å². The molecule has 1 aromatic carbocycles. The number of nitrogens with zero attached hydrogens (tertiary/aromatic N) is 1. The van der Waals surface area contributed by atoms with E-state index in [1.807, 2.05) is 38.1 Å². The normalized spacial score (nSPS) is 17.1. The first-order valence-corrected chi connectivity index (χ1v) is 8.46. The molecular weight excluding hydrogens is 288 g/mol. The highest BCUT2D eigenvalue weighted by atomic mass is 16.5. The Morgan fingerprint density at radius 3 is 2.70 bits per heavy atom. The van der Waals surface area contributed by atoms with Crippen molar-refractivity contribution in [2.24, 2.45) is 0 Å². The quantitative estimate of drug-likeness (QED) is 0.820. The van der Waals surface area contributed by atoms with Crippen LogP contribution in [-0.4, -0.2) is 37.0 Å². The van der Waals surface area contributed by atoms with Crippen molar-refractivity contribution in [2.45, 2.75) is 45.7 Å². The van der Waals surface area contributed by atoms with E-state index in [0.29, 0.717) is 0 Å².